The molecule has 0 spiro atoms. The summed E-state index contributed by atoms with van der Waals surface area (Å²) in [5, 5.41) is 10.7. The first kappa shape index (κ1) is 23.2. The number of carbonyl (C=O) groups excluding carboxylic acids is 1. The van der Waals surface area contributed by atoms with Gasteiger partial charge in [-0.15, -0.1) is 0 Å². The van der Waals surface area contributed by atoms with Crippen LogP contribution < -0.4 is 10.5 Å². The molecule has 0 saturated carbocycles. The van der Waals surface area contributed by atoms with E-state index in [-0.39, 0.29) is 20.8 Å². The molecule has 0 bridgehead atoms. The summed E-state index contributed by atoms with van der Waals surface area (Å²) >= 11 is 18.1. The van der Waals surface area contributed by atoms with E-state index >= 15 is 0 Å². The Balaban J connectivity index is 1.69. The fourth-order valence-corrected chi connectivity index (χ4v) is 4.19. The van der Waals surface area contributed by atoms with E-state index in [1.807, 2.05) is 60.7 Å². The standard InChI is InChI=1S/C25H17Cl3N2O3/c26-18-11-20(28)21(12-19(18)27)32-14-22(31)25(30)17(13-29)23(15-7-3-1-4-8-15)24(33-25)16-9-5-2-6-10-16/h1-12,17H,14,30H2. The number of halogens is 3. The maximum atomic E-state index is 13.3. The van der Waals surface area contributed by atoms with Gasteiger partial charge in [-0.1, -0.05) is 95.5 Å². The van der Waals surface area contributed by atoms with Gasteiger partial charge in [0.15, 0.2) is 6.61 Å². The Morgan fingerprint density at radius 2 is 1.55 bits per heavy atom. The van der Waals surface area contributed by atoms with E-state index in [9.17, 15) is 10.1 Å². The van der Waals surface area contributed by atoms with E-state index in [1.165, 1.54) is 12.1 Å². The molecule has 3 aromatic rings. The zero-order valence-electron chi connectivity index (χ0n) is 17.1. The van der Waals surface area contributed by atoms with Gasteiger partial charge in [0, 0.05) is 17.2 Å². The molecule has 1 heterocycles. The lowest BCUT2D eigenvalue weighted by Crippen LogP contribution is -2.55. The molecule has 1 aliphatic rings. The monoisotopic (exact) mass is 498 g/mol. The van der Waals surface area contributed by atoms with Crippen molar-refractivity contribution in [2.45, 2.75) is 5.72 Å². The molecule has 1 aliphatic heterocycles. The Morgan fingerprint density at radius 1 is 0.970 bits per heavy atom. The number of Topliss-reactive ketones (excluding diaryl/α,β-unsaturated/α-hetero) is 1. The molecule has 2 N–H and O–H groups in total. The van der Waals surface area contributed by atoms with Gasteiger partial charge in [-0.2, -0.15) is 5.26 Å². The molecule has 8 heteroatoms. The van der Waals surface area contributed by atoms with Crippen LogP contribution in [0, 0.1) is 17.2 Å². The second-order valence-electron chi connectivity index (χ2n) is 7.34. The number of nitriles is 1. The van der Waals surface area contributed by atoms with E-state index in [1.54, 1.807) is 0 Å². The average Bonchev–Trinajstić information content (AvgIpc) is 3.15. The van der Waals surface area contributed by atoms with Gasteiger partial charge in [0.2, 0.25) is 11.5 Å². The van der Waals surface area contributed by atoms with Crippen molar-refractivity contribution < 1.29 is 14.3 Å². The van der Waals surface area contributed by atoms with E-state index in [2.05, 4.69) is 6.07 Å². The molecule has 3 aromatic carbocycles. The normalized spacial score (nSPS) is 19.7. The Hall–Kier alpha value is -3.01. The molecular weight excluding hydrogens is 483 g/mol. The molecule has 5 nitrogen and oxygen atoms in total. The molecule has 4 rings (SSSR count). The maximum Gasteiger partial charge on any atom is 0.241 e. The molecular formula is C25H17Cl3N2O3. The molecule has 0 amide bonds. The highest BCUT2D eigenvalue weighted by Crippen LogP contribution is 2.46. The van der Waals surface area contributed by atoms with E-state index in [0.717, 1.165) is 5.56 Å². The van der Waals surface area contributed by atoms with Crippen molar-refractivity contribution in [2.75, 3.05) is 6.61 Å². The second kappa shape index (κ2) is 9.46. The number of benzene rings is 3. The summed E-state index contributed by atoms with van der Waals surface area (Å²) in [5.74, 6) is -1.17. The summed E-state index contributed by atoms with van der Waals surface area (Å²) in [6.07, 6.45) is 0. The highest BCUT2D eigenvalue weighted by Gasteiger charge is 2.53. The van der Waals surface area contributed by atoms with Gasteiger partial charge in [0.25, 0.3) is 0 Å². The van der Waals surface area contributed by atoms with Crippen LogP contribution in [0.3, 0.4) is 0 Å². The first-order valence-corrected chi connectivity index (χ1v) is 11.0. The van der Waals surface area contributed by atoms with Crippen molar-refractivity contribution in [2.24, 2.45) is 11.7 Å². The predicted molar refractivity (Wildman–Crippen MR) is 129 cm³/mol. The van der Waals surface area contributed by atoms with E-state index in [0.29, 0.717) is 16.9 Å². The topological polar surface area (TPSA) is 85.3 Å². The summed E-state index contributed by atoms with van der Waals surface area (Å²) in [4.78, 5) is 13.3. The van der Waals surface area contributed by atoms with E-state index in [4.69, 9.17) is 50.0 Å². The molecule has 33 heavy (non-hydrogen) atoms. The molecule has 2 atom stereocenters. The molecule has 0 radical (unpaired) electrons. The minimum Gasteiger partial charge on any atom is -0.484 e. The van der Waals surface area contributed by atoms with Crippen LogP contribution in [0.25, 0.3) is 11.3 Å². The Bertz CT molecular complexity index is 1270. The highest BCUT2D eigenvalue weighted by molar-refractivity contribution is 6.43. The molecule has 166 valence electrons. The number of rotatable bonds is 6. The number of nitrogens with zero attached hydrogens (tertiary/aromatic N) is 1. The number of nitrogens with two attached hydrogens (primary N) is 1. The molecule has 0 fully saturated rings. The highest BCUT2D eigenvalue weighted by atomic mass is 35.5. The first-order chi connectivity index (χ1) is 15.8. The van der Waals surface area contributed by atoms with Gasteiger partial charge in [0.05, 0.1) is 21.1 Å². The van der Waals surface area contributed by atoms with Crippen molar-refractivity contribution in [3.63, 3.8) is 0 Å². The lowest BCUT2D eigenvalue weighted by Gasteiger charge is -2.27. The van der Waals surface area contributed by atoms with Crippen molar-refractivity contribution in [1.82, 2.24) is 0 Å². The summed E-state index contributed by atoms with van der Waals surface area (Å²) in [5.41, 5.74) is 6.48. The van der Waals surface area contributed by atoms with Crippen molar-refractivity contribution >= 4 is 51.9 Å². The van der Waals surface area contributed by atoms with Gasteiger partial charge in [-0.3, -0.25) is 10.5 Å². The smallest absolute Gasteiger partial charge is 0.241 e. The molecule has 0 aromatic heterocycles. The Morgan fingerprint density at radius 3 is 2.15 bits per heavy atom. The van der Waals surface area contributed by atoms with Gasteiger partial charge >= 0.3 is 0 Å². The number of ether oxygens (including phenoxy) is 2. The SMILES string of the molecule is N#CC1C(c2ccccc2)=C(c2ccccc2)OC1(N)C(=O)COc1cc(Cl)c(Cl)cc1Cl. The predicted octanol–water partition coefficient (Wildman–Crippen LogP) is 5.99. The largest absolute Gasteiger partial charge is 0.484 e. The third-order valence-electron chi connectivity index (χ3n) is 5.25. The minimum absolute atomic E-state index is 0.161. The van der Waals surface area contributed by atoms with Crippen LogP contribution in [0.2, 0.25) is 15.1 Å². The first-order valence-electron chi connectivity index (χ1n) is 9.88. The fourth-order valence-electron chi connectivity index (χ4n) is 3.60. The Kier molecular flexibility index (Phi) is 6.64. The summed E-state index contributed by atoms with van der Waals surface area (Å²) in [6, 6.07) is 23.4. The van der Waals surface area contributed by atoms with Crippen LogP contribution in [0.4, 0.5) is 0 Å². The van der Waals surface area contributed by atoms with Crippen LogP contribution in [-0.2, 0) is 9.53 Å². The van der Waals surface area contributed by atoms with Crippen molar-refractivity contribution in [3.8, 4) is 11.8 Å². The average molecular weight is 500 g/mol. The summed E-state index contributed by atoms with van der Waals surface area (Å²) in [6.45, 7) is -0.490. The van der Waals surface area contributed by atoms with Gasteiger partial charge in [-0.05, 0) is 11.6 Å². The number of hydrogen-bond donors (Lipinski definition) is 1. The van der Waals surface area contributed by atoms with Crippen molar-refractivity contribution in [1.29, 1.82) is 5.26 Å². The van der Waals surface area contributed by atoms with Crippen LogP contribution in [0.1, 0.15) is 11.1 Å². The minimum atomic E-state index is -1.96. The second-order valence-corrected chi connectivity index (χ2v) is 8.56. The van der Waals surface area contributed by atoms with Crippen LogP contribution in [0.5, 0.6) is 5.75 Å². The van der Waals surface area contributed by atoms with E-state index < -0.39 is 24.0 Å². The Labute approximate surface area is 205 Å². The van der Waals surface area contributed by atoms with Crippen LogP contribution in [-0.4, -0.2) is 18.1 Å². The zero-order chi connectivity index (χ0) is 23.6. The fraction of sp³-hybridized carbons (Fsp3) is 0.120. The molecule has 0 saturated heterocycles. The zero-order valence-corrected chi connectivity index (χ0v) is 19.4. The lowest BCUT2D eigenvalue weighted by molar-refractivity contribution is -0.138. The summed E-state index contributed by atoms with van der Waals surface area (Å²) in [7, 11) is 0. The molecule has 0 aliphatic carbocycles. The van der Waals surface area contributed by atoms with Crippen molar-refractivity contribution in [3.05, 3.63) is 99.0 Å². The van der Waals surface area contributed by atoms with Crippen LogP contribution >= 0.6 is 34.8 Å². The molecule has 2 unspecified atom stereocenters. The number of hydrogen-bond acceptors (Lipinski definition) is 5. The number of carbonyl (C=O) groups is 1. The third-order valence-corrected chi connectivity index (χ3v) is 6.27. The van der Waals surface area contributed by atoms with Gasteiger partial charge in [-0.25, -0.2) is 0 Å². The number of ketones is 1. The van der Waals surface area contributed by atoms with Gasteiger partial charge < -0.3 is 9.47 Å². The third kappa shape index (κ3) is 4.44. The maximum absolute atomic E-state index is 13.3. The summed E-state index contributed by atoms with van der Waals surface area (Å²) < 4.78 is 11.6. The lowest BCUT2D eigenvalue weighted by atomic mass is 9.84. The van der Waals surface area contributed by atoms with Gasteiger partial charge in [0.1, 0.15) is 17.4 Å². The van der Waals surface area contributed by atoms with Crippen LogP contribution in [0.15, 0.2) is 72.8 Å². The quantitative estimate of drug-likeness (QED) is 0.421.